The van der Waals surface area contributed by atoms with Gasteiger partial charge in [-0.3, -0.25) is 0 Å². The maximum Gasteiger partial charge on any atom is 0.164 e. The van der Waals surface area contributed by atoms with E-state index >= 15 is 0 Å². The van der Waals surface area contributed by atoms with Gasteiger partial charge in [-0.15, -0.1) is 0 Å². The number of hydrogen-bond donors (Lipinski definition) is 2. The van der Waals surface area contributed by atoms with Crippen molar-refractivity contribution in [3.05, 3.63) is 18.1 Å². The second-order valence-corrected chi connectivity index (χ2v) is 1.24. The Morgan fingerprint density at radius 3 is 2.57 bits per heavy atom. The number of nitrogen functional groups attached to an aromatic ring is 1. The zero-order chi connectivity index (χ0) is 5.28. The molecule has 0 saturated carbocycles. The molecule has 0 atom stereocenters. The summed E-state index contributed by atoms with van der Waals surface area (Å²) in [4.78, 5) is 2.47. The van der Waals surface area contributed by atoms with Gasteiger partial charge in [-0.05, 0) is 6.07 Å². The lowest BCUT2D eigenvalue weighted by Crippen LogP contribution is -1.85. The summed E-state index contributed by atoms with van der Waals surface area (Å²) in [6.07, 6.45) is 1.45. The number of nitrogens with one attached hydrogen (secondary N) is 1. The third kappa shape index (κ3) is 0.559. The van der Waals surface area contributed by atoms with E-state index < -0.39 is 0 Å². The number of aromatic nitrogens is 1. The van der Waals surface area contributed by atoms with Crippen LogP contribution >= 0.6 is 0 Å². The van der Waals surface area contributed by atoms with Crippen molar-refractivity contribution in [2.45, 2.75) is 0 Å². The lowest BCUT2D eigenvalue weighted by Gasteiger charge is -1.78. The Bertz CT molecular complexity index is 142. The van der Waals surface area contributed by atoms with Gasteiger partial charge < -0.3 is 10.7 Å². The van der Waals surface area contributed by atoms with Gasteiger partial charge in [0.2, 0.25) is 0 Å². The molecule has 0 bridgehead atoms. The molecule has 0 unspecified atom stereocenters. The number of nitrogens with two attached hydrogens (primary N) is 1. The molecule has 1 aromatic rings. The fourth-order valence-electron chi connectivity index (χ4n) is 0.363. The SMILES string of the molecule is Nc1[nH]ccc1F. The van der Waals surface area contributed by atoms with Crippen molar-refractivity contribution in [2.24, 2.45) is 0 Å². The van der Waals surface area contributed by atoms with E-state index in [-0.39, 0.29) is 11.6 Å². The zero-order valence-corrected chi connectivity index (χ0v) is 3.61. The highest BCUT2D eigenvalue weighted by Gasteiger charge is 1.91. The van der Waals surface area contributed by atoms with Crippen LogP contribution in [0.2, 0.25) is 0 Å². The van der Waals surface area contributed by atoms with Gasteiger partial charge in [0.1, 0.15) is 5.82 Å². The van der Waals surface area contributed by atoms with Crippen LogP contribution in [0.3, 0.4) is 0 Å². The third-order valence-corrected chi connectivity index (χ3v) is 0.726. The summed E-state index contributed by atoms with van der Waals surface area (Å²) < 4.78 is 11.9. The number of rotatable bonds is 0. The topological polar surface area (TPSA) is 41.8 Å². The molecule has 2 nitrogen and oxygen atoms in total. The van der Waals surface area contributed by atoms with Gasteiger partial charge in [0.05, 0.1) is 0 Å². The van der Waals surface area contributed by atoms with Crippen LogP contribution in [0.15, 0.2) is 12.3 Å². The zero-order valence-electron chi connectivity index (χ0n) is 3.61. The molecule has 0 aliphatic rings. The highest BCUT2D eigenvalue weighted by molar-refractivity contribution is 5.29. The molecule has 0 amide bonds. The van der Waals surface area contributed by atoms with E-state index in [0.29, 0.717) is 0 Å². The molecular weight excluding hydrogens is 95.1 g/mol. The van der Waals surface area contributed by atoms with Crippen molar-refractivity contribution in [3.63, 3.8) is 0 Å². The first-order chi connectivity index (χ1) is 3.30. The molecule has 38 valence electrons. The Morgan fingerprint density at radius 2 is 2.43 bits per heavy atom. The molecule has 0 aliphatic carbocycles. The Kier molecular flexibility index (Phi) is 0.749. The molecule has 0 fully saturated rings. The molecule has 3 heteroatoms. The summed E-state index contributed by atoms with van der Waals surface area (Å²) in [7, 11) is 0. The maximum atomic E-state index is 11.9. The molecule has 1 heterocycles. The predicted octanol–water partition coefficient (Wildman–Crippen LogP) is 0.736. The van der Waals surface area contributed by atoms with E-state index in [1.54, 1.807) is 0 Å². The quantitative estimate of drug-likeness (QED) is 0.496. The van der Waals surface area contributed by atoms with Gasteiger partial charge in [-0.2, -0.15) is 0 Å². The van der Waals surface area contributed by atoms with Gasteiger partial charge in [-0.25, -0.2) is 4.39 Å². The smallest absolute Gasteiger partial charge is 0.164 e. The van der Waals surface area contributed by atoms with Crippen LogP contribution in [-0.4, -0.2) is 4.98 Å². The molecule has 0 saturated heterocycles. The molecule has 7 heavy (non-hydrogen) atoms. The van der Waals surface area contributed by atoms with Gasteiger partial charge in [-0.1, -0.05) is 0 Å². The number of H-pyrrole nitrogens is 1. The van der Waals surface area contributed by atoms with Crippen LogP contribution in [0.1, 0.15) is 0 Å². The van der Waals surface area contributed by atoms with Crippen molar-refractivity contribution in [3.8, 4) is 0 Å². The minimum absolute atomic E-state index is 0.0972. The molecule has 0 spiro atoms. The highest BCUT2D eigenvalue weighted by Crippen LogP contribution is 2.02. The summed E-state index contributed by atoms with van der Waals surface area (Å²) in [6, 6.07) is 1.27. The van der Waals surface area contributed by atoms with Crippen LogP contribution in [-0.2, 0) is 0 Å². The van der Waals surface area contributed by atoms with E-state index in [1.165, 1.54) is 12.3 Å². The van der Waals surface area contributed by atoms with Gasteiger partial charge >= 0.3 is 0 Å². The lowest BCUT2D eigenvalue weighted by molar-refractivity contribution is 0.634. The van der Waals surface area contributed by atoms with Crippen molar-refractivity contribution in [1.82, 2.24) is 4.98 Å². The van der Waals surface area contributed by atoms with Crippen LogP contribution < -0.4 is 5.73 Å². The highest BCUT2D eigenvalue weighted by atomic mass is 19.1. The Labute approximate surface area is 40.1 Å². The summed E-state index contributed by atoms with van der Waals surface area (Å²) in [5, 5.41) is 0. The van der Waals surface area contributed by atoms with Crippen molar-refractivity contribution in [2.75, 3.05) is 5.73 Å². The van der Waals surface area contributed by atoms with Crippen molar-refractivity contribution < 1.29 is 4.39 Å². The molecule has 0 aromatic carbocycles. The van der Waals surface area contributed by atoms with E-state index in [1.807, 2.05) is 0 Å². The summed E-state index contributed by atoms with van der Waals surface area (Å²) in [5.41, 5.74) is 5.01. The van der Waals surface area contributed by atoms with E-state index in [2.05, 4.69) is 4.98 Å². The molecule has 0 aliphatic heterocycles. The standard InChI is InChI=1S/C4H5FN2/c5-3-1-2-7-4(3)6/h1-2,7H,6H2. The van der Waals surface area contributed by atoms with Gasteiger partial charge in [0, 0.05) is 6.20 Å². The molecule has 1 aromatic heterocycles. The van der Waals surface area contributed by atoms with Gasteiger partial charge in [0.15, 0.2) is 5.82 Å². The van der Waals surface area contributed by atoms with E-state index in [4.69, 9.17) is 5.73 Å². The second-order valence-electron chi connectivity index (χ2n) is 1.24. The number of aromatic amines is 1. The molecule has 3 N–H and O–H groups in total. The van der Waals surface area contributed by atoms with Gasteiger partial charge in [0.25, 0.3) is 0 Å². The van der Waals surface area contributed by atoms with Crippen LogP contribution in [0.4, 0.5) is 10.2 Å². The first-order valence-electron chi connectivity index (χ1n) is 1.89. The number of anilines is 1. The largest absolute Gasteiger partial charge is 0.383 e. The molecular formula is C4H5FN2. The first-order valence-corrected chi connectivity index (χ1v) is 1.89. The number of hydrogen-bond acceptors (Lipinski definition) is 1. The molecule has 0 radical (unpaired) electrons. The molecule has 1 rings (SSSR count). The fourth-order valence-corrected chi connectivity index (χ4v) is 0.363. The van der Waals surface area contributed by atoms with E-state index in [0.717, 1.165) is 0 Å². The Hall–Kier alpha value is -0.990. The fraction of sp³-hybridized carbons (Fsp3) is 0. The summed E-state index contributed by atoms with van der Waals surface area (Å²) in [5.74, 6) is -0.292. The van der Waals surface area contributed by atoms with Crippen molar-refractivity contribution in [1.29, 1.82) is 0 Å². The first kappa shape index (κ1) is 4.18. The monoisotopic (exact) mass is 100 g/mol. The third-order valence-electron chi connectivity index (χ3n) is 0.726. The van der Waals surface area contributed by atoms with Crippen LogP contribution in [0.25, 0.3) is 0 Å². The summed E-state index contributed by atoms with van der Waals surface area (Å²) >= 11 is 0. The average molecular weight is 100 g/mol. The minimum Gasteiger partial charge on any atom is -0.383 e. The minimum atomic E-state index is -0.389. The van der Waals surface area contributed by atoms with Crippen LogP contribution in [0, 0.1) is 5.82 Å². The average Bonchev–Trinajstić information content (AvgIpc) is 1.91. The lowest BCUT2D eigenvalue weighted by atomic mass is 10.6. The Balaban J connectivity index is 3.12. The van der Waals surface area contributed by atoms with Crippen LogP contribution in [0.5, 0.6) is 0 Å². The second kappa shape index (κ2) is 1.26. The maximum absolute atomic E-state index is 11.9. The van der Waals surface area contributed by atoms with Crippen molar-refractivity contribution >= 4 is 5.82 Å². The summed E-state index contributed by atoms with van der Waals surface area (Å²) in [6.45, 7) is 0. The number of halogens is 1. The van der Waals surface area contributed by atoms with E-state index in [9.17, 15) is 4.39 Å². The Morgan fingerprint density at radius 1 is 1.71 bits per heavy atom. The predicted molar refractivity (Wildman–Crippen MR) is 25.2 cm³/mol. The normalized spacial score (nSPS) is 9.29.